The first kappa shape index (κ1) is 40.1. The van der Waals surface area contributed by atoms with E-state index < -0.39 is 40.0 Å². The quantitative estimate of drug-likeness (QED) is 0.207. The van der Waals surface area contributed by atoms with Crippen molar-refractivity contribution < 1.29 is 32.1 Å². The summed E-state index contributed by atoms with van der Waals surface area (Å²) in [4.78, 5) is 46.5. The predicted molar refractivity (Wildman–Crippen MR) is 200 cm³/mol. The third kappa shape index (κ3) is 10.3. The van der Waals surface area contributed by atoms with E-state index in [1.165, 1.54) is 18.5 Å². The van der Waals surface area contributed by atoms with Crippen molar-refractivity contribution in [1.82, 2.24) is 40.6 Å². The van der Waals surface area contributed by atoms with Crippen molar-refractivity contribution in [3.63, 3.8) is 0 Å². The number of amides is 3. The minimum Gasteiger partial charge on any atom is -0.491 e. The number of aryl methyl sites for hydroxylation is 3. The van der Waals surface area contributed by atoms with Gasteiger partial charge in [0.05, 0.1) is 12.1 Å². The number of hydrogen-bond donors (Lipinski definition) is 4. The third-order valence-corrected chi connectivity index (χ3v) is 10.8. The molecule has 0 saturated heterocycles. The molecule has 4 aromatic rings. The van der Waals surface area contributed by atoms with Gasteiger partial charge in [-0.25, -0.2) is 18.1 Å². The van der Waals surface area contributed by atoms with E-state index in [-0.39, 0.29) is 66.1 Å². The van der Waals surface area contributed by atoms with Gasteiger partial charge in [0.25, 0.3) is 0 Å². The molecule has 2 aliphatic rings. The van der Waals surface area contributed by atoms with E-state index in [0.717, 1.165) is 5.56 Å². The molecular formula is C38H50N8O7S. The summed E-state index contributed by atoms with van der Waals surface area (Å²) in [6, 6.07) is 12.6. The van der Waals surface area contributed by atoms with Crippen LogP contribution in [0.1, 0.15) is 74.4 Å². The molecule has 2 aromatic carbocycles. The zero-order valence-electron chi connectivity index (χ0n) is 31.8. The van der Waals surface area contributed by atoms with Gasteiger partial charge in [0, 0.05) is 6.42 Å². The number of rotatable bonds is 8. The second-order valence-corrected chi connectivity index (χ2v) is 16.2. The minimum atomic E-state index is -4.31. The molecule has 2 bridgehead atoms. The highest BCUT2D eigenvalue weighted by Crippen LogP contribution is 2.23. The standard InChI is InChI=1S/C38H50N8O7S/c1-22(2)17-29-21-52-30-15-13-28(14-16-30)19-32(45-54(50,51)35-24(5)44-53-25(35)6)38(49)41-31(18-27-11-9-8-10-12-27)37(48)42-34(23(3)4)36-39-26(7)43-46(36)20-33(47)40-29/h8-16,22-23,29,31-32,34,45H,17-21H2,1-7H3,(H,40,47)(H,41,49)(H,42,48)/t29-,31-,32-,34-/m0/s1. The molecular weight excluding hydrogens is 713 g/mol. The number of nitrogens with zero attached hydrogens (tertiary/aromatic N) is 4. The van der Waals surface area contributed by atoms with E-state index in [4.69, 9.17) is 9.26 Å². The number of ether oxygens (including phenoxy) is 1. The minimum absolute atomic E-state index is 0.0581. The summed E-state index contributed by atoms with van der Waals surface area (Å²) in [5, 5.41) is 17.3. The van der Waals surface area contributed by atoms with E-state index in [1.807, 2.05) is 44.2 Å². The van der Waals surface area contributed by atoms with Gasteiger partial charge in [-0.05, 0) is 68.7 Å². The maximum Gasteiger partial charge on any atom is 0.246 e. The summed E-state index contributed by atoms with van der Waals surface area (Å²) in [5.41, 5.74) is 1.54. The van der Waals surface area contributed by atoms with Crippen molar-refractivity contribution in [3.8, 4) is 5.75 Å². The van der Waals surface area contributed by atoms with Gasteiger partial charge in [-0.1, -0.05) is 75.3 Å². The van der Waals surface area contributed by atoms with Gasteiger partial charge >= 0.3 is 0 Å². The Kier molecular flexibility index (Phi) is 12.9. The number of aromatic nitrogens is 4. The molecule has 4 heterocycles. The topological polar surface area (TPSA) is 199 Å². The van der Waals surface area contributed by atoms with Crippen molar-refractivity contribution in [1.29, 1.82) is 0 Å². The number of hydrogen-bond acceptors (Lipinski definition) is 10. The summed E-state index contributed by atoms with van der Waals surface area (Å²) in [7, 11) is -4.31. The van der Waals surface area contributed by atoms with Crippen molar-refractivity contribution in [2.24, 2.45) is 11.8 Å². The van der Waals surface area contributed by atoms with Crippen molar-refractivity contribution in [3.05, 3.63) is 88.8 Å². The van der Waals surface area contributed by atoms with Crippen LogP contribution in [-0.2, 0) is 43.8 Å². The average Bonchev–Trinajstić information content (AvgIpc) is 3.64. The first-order chi connectivity index (χ1) is 25.6. The molecule has 0 fully saturated rings. The second kappa shape index (κ2) is 17.4. The van der Waals surface area contributed by atoms with Crippen LogP contribution in [0.5, 0.6) is 5.75 Å². The molecule has 0 saturated carbocycles. The fourth-order valence-electron chi connectivity index (χ4n) is 6.53. The third-order valence-electron chi connectivity index (χ3n) is 9.04. The molecule has 15 nitrogen and oxygen atoms in total. The highest BCUT2D eigenvalue weighted by atomic mass is 32.2. The smallest absolute Gasteiger partial charge is 0.246 e. The van der Waals surface area contributed by atoms with Gasteiger partial charge < -0.3 is 25.2 Å². The van der Waals surface area contributed by atoms with Crippen LogP contribution in [0.25, 0.3) is 0 Å². The summed E-state index contributed by atoms with van der Waals surface area (Å²) < 4.78 is 42.8. The van der Waals surface area contributed by atoms with E-state index in [9.17, 15) is 22.8 Å². The molecule has 2 aromatic heterocycles. The Morgan fingerprint density at radius 3 is 2.26 bits per heavy atom. The van der Waals surface area contributed by atoms with Crippen molar-refractivity contribution >= 4 is 27.7 Å². The predicted octanol–water partition coefficient (Wildman–Crippen LogP) is 3.25. The van der Waals surface area contributed by atoms with Crippen LogP contribution in [0.3, 0.4) is 0 Å². The summed E-state index contributed by atoms with van der Waals surface area (Å²) >= 11 is 0. The molecule has 4 atom stereocenters. The van der Waals surface area contributed by atoms with Gasteiger partial charge in [0.1, 0.15) is 47.4 Å². The van der Waals surface area contributed by atoms with Crippen molar-refractivity contribution in [2.45, 2.75) is 103 Å². The van der Waals surface area contributed by atoms with Crippen LogP contribution in [-0.4, -0.2) is 70.8 Å². The van der Waals surface area contributed by atoms with Gasteiger partial charge in [-0.3, -0.25) is 14.4 Å². The normalized spacial score (nSPS) is 20.6. The monoisotopic (exact) mass is 762 g/mol. The van der Waals surface area contributed by atoms with Gasteiger partial charge in [0.2, 0.25) is 27.7 Å². The maximum atomic E-state index is 14.3. The Bertz CT molecular complexity index is 2010. The van der Waals surface area contributed by atoms with Crippen LogP contribution >= 0.6 is 0 Å². The molecule has 2 aliphatic heterocycles. The largest absolute Gasteiger partial charge is 0.491 e. The number of carbonyl (C=O) groups is 3. The highest BCUT2D eigenvalue weighted by molar-refractivity contribution is 7.89. The van der Waals surface area contributed by atoms with E-state index >= 15 is 0 Å². The fraction of sp³-hybridized carbons (Fsp3) is 0.474. The van der Waals surface area contributed by atoms with Crippen LogP contribution in [0, 0.1) is 32.6 Å². The summed E-state index contributed by atoms with van der Waals surface area (Å²) in [6.45, 7) is 12.7. The van der Waals surface area contributed by atoms with Crippen LogP contribution in [0.15, 0.2) is 64.0 Å². The lowest BCUT2D eigenvalue weighted by Gasteiger charge is -2.27. The molecule has 0 radical (unpaired) electrons. The molecule has 54 heavy (non-hydrogen) atoms. The highest BCUT2D eigenvalue weighted by Gasteiger charge is 2.34. The first-order valence-electron chi connectivity index (χ1n) is 18.1. The zero-order chi connectivity index (χ0) is 39.2. The first-order valence-corrected chi connectivity index (χ1v) is 19.6. The lowest BCUT2D eigenvalue weighted by Crippen LogP contribution is -2.55. The molecule has 0 spiro atoms. The van der Waals surface area contributed by atoms with Crippen LogP contribution in [0.4, 0.5) is 0 Å². The molecule has 3 amide bonds. The Labute approximate surface area is 316 Å². The lowest BCUT2D eigenvalue weighted by atomic mass is 10.00. The molecule has 0 aliphatic carbocycles. The van der Waals surface area contributed by atoms with Crippen LogP contribution in [0.2, 0.25) is 0 Å². The van der Waals surface area contributed by atoms with E-state index in [2.05, 4.69) is 49.8 Å². The number of fused-ring (bicyclic) bond motifs is 14. The second-order valence-electron chi connectivity index (χ2n) is 14.5. The molecule has 0 unspecified atom stereocenters. The molecule has 4 N–H and O–H groups in total. The van der Waals surface area contributed by atoms with Gasteiger partial charge in [0.15, 0.2) is 11.6 Å². The SMILES string of the molecule is Cc1nc2n(n1)CC(=O)N[C@@H](CC(C)C)COc1ccc(cc1)C[C@H](NS(=O)(=O)c1c(C)noc1C)C(=O)N[C@@H](Cc1ccccc1)C(=O)N[C@H]2C(C)C. The van der Waals surface area contributed by atoms with Gasteiger partial charge in [-0.2, -0.15) is 9.82 Å². The summed E-state index contributed by atoms with van der Waals surface area (Å²) in [6.07, 6.45) is 0.698. The maximum absolute atomic E-state index is 14.3. The average molecular weight is 763 g/mol. The molecule has 6 rings (SSSR count). The number of nitrogens with one attached hydrogen (secondary N) is 4. The number of sulfonamides is 1. The van der Waals surface area contributed by atoms with Crippen molar-refractivity contribution in [2.75, 3.05) is 6.61 Å². The van der Waals surface area contributed by atoms with Gasteiger partial charge in [-0.15, -0.1) is 0 Å². The van der Waals surface area contributed by atoms with E-state index in [0.29, 0.717) is 29.4 Å². The zero-order valence-corrected chi connectivity index (χ0v) is 32.6. The molecule has 290 valence electrons. The van der Waals surface area contributed by atoms with E-state index in [1.54, 1.807) is 31.2 Å². The number of carbonyl (C=O) groups excluding carboxylic acids is 3. The lowest BCUT2D eigenvalue weighted by molar-refractivity contribution is -0.130. The Hall–Kier alpha value is -5.09. The Balaban J connectivity index is 1.57. The summed E-state index contributed by atoms with van der Waals surface area (Å²) in [5.74, 6) is -0.0647. The van der Waals surface area contributed by atoms with Crippen LogP contribution < -0.4 is 25.4 Å². The Morgan fingerprint density at radius 1 is 0.926 bits per heavy atom. The number of benzene rings is 2. The molecule has 16 heteroatoms. The fourth-order valence-corrected chi connectivity index (χ4v) is 8.05. The Morgan fingerprint density at radius 2 is 1.63 bits per heavy atom.